The van der Waals surface area contributed by atoms with Crippen LogP contribution in [0, 0.1) is 11.8 Å². The molecule has 0 saturated carbocycles. The number of methoxy groups -OCH3 is 1. The summed E-state index contributed by atoms with van der Waals surface area (Å²) in [5.41, 5.74) is 0. The zero-order valence-electron chi connectivity index (χ0n) is 8.97. The van der Waals surface area contributed by atoms with Crippen LogP contribution >= 0.6 is 0 Å². The van der Waals surface area contributed by atoms with Gasteiger partial charge in [0.05, 0.1) is 6.10 Å². The van der Waals surface area contributed by atoms with E-state index in [9.17, 15) is 0 Å². The molecule has 0 spiro atoms. The summed E-state index contributed by atoms with van der Waals surface area (Å²) >= 11 is 0. The third kappa shape index (κ3) is 3.63. The van der Waals surface area contributed by atoms with Gasteiger partial charge in [-0.3, -0.25) is 0 Å². The Labute approximate surface area is 81.2 Å². The fraction of sp³-hybridized carbons (Fsp3) is 1.00. The molecule has 0 amide bonds. The molecule has 0 radical (unpaired) electrons. The molecule has 3 atom stereocenters. The van der Waals surface area contributed by atoms with Crippen molar-refractivity contribution in [1.82, 2.24) is 10.6 Å². The van der Waals surface area contributed by atoms with E-state index in [0.717, 1.165) is 31.5 Å². The van der Waals surface area contributed by atoms with Crippen LogP contribution in [0.4, 0.5) is 0 Å². The maximum absolute atomic E-state index is 5.16. The molecule has 1 heterocycles. The van der Waals surface area contributed by atoms with Gasteiger partial charge in [-0.05, 0) is 38.4 Å². The Morgan fingerprint density at radius 3 is 2.85 bits per heavy atom. The summed E-state index contributed by atoms with van der Waals surface area (Å²) in [4.78, 5) is 0. The van der Waals surface area contributed by atoms with Crippen LogP contribution in [0.1, 0.15) is 13.8 Å². The number of ether oxygens (including phenoxy) is 1. The van der Waals surface area contributed by atoms with E-state index in [-0.39, 0.29) is 0 Å². The molecule has 1 aliphatic heterocycles. The molecule has 3 unspecified atom stereocenters. The van der Waals surface area contributed by atoms with Gasteiger partial charge in [0.2, 0.25) is 0 Å². The van der Waals surface area contributed by atoms with E-state index >= 15 is 0 Å². The van der Waals surface area contributed by atoms with E-state index in [2.05, 4.69) is 24.5 Å². The molecular formula is C10H22N2O. The molecule has 1 saturated heterocycles. The minimum atomic E-state index is 0.324. The summed E-state index contributed by atoms with van der Waals surface area (Å²) in [5.74, 6) is 1.61. The SMILES string of the molecule is COC(C)CNCC1CNCC1C. The third-order valence-electron chi connectivity index (χ3n) is 2.92. The van der Waals surface area contributed by atoms with Gasteiger partial charge >= 0.3 is 0 Å². The van der Waals surface area contributed by atoms with Crippen LogP contribution in [0.25, 0.3) is 0 Å². The summed E-state index contributed by atoms with van der Waals surface area (Å²) in [6.45, 7) is 8.80. The molecule has 0 aliphatic carbocycles. The smallest absolute Gasteiger partial charge is 0.0667 e. The summed E-state index contributed by atoms with van der Waals surface area (Å²) in [6.07, 6.45) is 0.324. The normalized spacial score (nSPS) is 30.7. The van der Waals surface area contributed by atoms with Crippen molar-refractivity contribution in [2.75, 3.05) is 33.3 Å². The second-order valence-electron chi connectivity index (χ2n) is 4.10. The van der Waals surface area contributed by atoms with E-state index in [0.29, 0.717) is 6.10 Å². The quantitative estimate of drug-likeness (QED) is 0.654. The molecule has 3 nitrogen and oxygen atoms in total. The number of hydrogen-bond acceptors (Lipinski definition) is 3. The molecule has 3 heteroatoms. The van der Waals surface area contributed by atoms with Crippen molar-refractivity contribution in [2.24, 2.45) is 11.8 Å². The van der Waals surface area contributed by atoms with Crippen LogP contribution < -0.4 is 10.6 Å². The fourth-order valence-corrected chi connectivity index (χ4v) is 1.69. The first-order chi connectivity index (χ1) is 6.24. The van der Waals surface area contributed by atoms with Crippen LogP contribution in [-0.2, 0) is 4.74 Å². The van der Waals surface area contributed by atoms with Crippen molar-refractivity contribution in [2.45, 2.75) is 20.0 Å². The van der Waals surface area contributed by atoms with E-state index in [1.165, 1.54) is 6.54 Å². The van der Waals surface area contributed by atoms with Gasteiger partial charge in [0.15, 0.2) is 0 Å². The summed E-state index contributed by atoms with van der Waals surface area (Å²) in [6, 6.07) is 0. The first kappa shape index (κ1) is 11.0. The lowest BCUT2D eigenvalue weighted by molar-refractivity contribution is 0.116. The second-order valence-corrected chi connectivity index (χ2v) is 4.10. The molecule has 0 aromatic heterocycles. The number of rotatable bonds is 5. The topological polar surface area (TPSA) is 33.3 Å². The predicted molar refractivity (Wildman–Crippen MR) is 54.9 cm³/mol. The maximum atomic E-state index is 5.16. The Morgan fingerprint density at radius 2 is 2.31 bits per heavy atom. The zero-order valence-corrected chi connectivity index (χ0v) is 8.97. The Hall–Kier alpha value is -0.120. The average Bonchev–Trinajstić information content (AvgIpc) is 2.52. The first-order valence-electron chi connectivity index (χ1n) is 5.18. The fourth-order valence-electron chi connectivity index (χ4n) is 1.69. The Balaban J connectivity index is 2.05. The van der Waals surface area contributed by atoms with E-state index in [4.69, 9.17) is 4.74 Å². The van der Waals surface area contributed by atoms with Crippen LogP contribution in [-0.4, -0.2) is 39.4 Å². The lowest BCUT2D eigenvalue weighted by Gasteiger charge is -2.16. The van der Waals surface area contributed by atoms with Crippen molar-refractivity contribution in [1.29, 1.82) is 0 Å². The van der Waals surface area contributed by atoms with E-state index in [1.54, 1.807) is 7.11 Å². The zero-order chi connectivity index (χ0) is 9.68. The van der Waals surface area contributed by atoms with E-state index in [1.807, 2.05) is 0 Å². The molecule has 0 aromatic carbocycles. The molecule has 1 rings (SSSR count). The molecule has 78 valence electrons. The number of hydrogen-bond donors (Lipinski definition) is 2. The van der Waals surface area contributed by atoms with Crippen molar-refractivity contribution in [3.8, 4) is 0 Å². The highest BCUT2D eigenvalue weighted by molar-refractivity contribution is 4.79. The maximum Gasteiger partial charge on any atom is 0.0667 e. The van der Waals surface area contributed by atoms with E-state index < -0.39 is 0 Å². The Morgan fingerprint density at radius 1 is 1.54 bits per heavy atom. The van der Waals surface area contributed by atoms with Gasteiger partial charge in [-0.25, -0.2) is 0 Å². The summed E-state index contributed by atoms with van der Waals surface area (Å²) in [7, 11) is 1.76. The highest BCUT2D eigenvalue weighted by Crippen LogP contribution is 2.14. The van der Waals surface area contributed by atoms with Gasteiger partial charge in [-0.15, -0.1) is 0 Å². The molecule has 0 bridgehead atoms. The minimum absolute atomic E-state index is 0.324. The highest BCUT2D eigenvalue weighted by Gasteiger charge is 2.22. The summed E-state index contributed by atoms with van der Waals surface area (Å²) in [5, 5.41) is 6.85. The number of nitrogens with one attached hydrogen (secondary N) is 2. The van der Waals surface area contributed by atoms with Crippen LogP contribution in [0.2, 0.25) is 0 Å². The lowest BCUT2D eigenvalue weighted by atomic mass is 9.98. The molecule has 2 N–H and O–H groups in total. The van der Waals surface area contributed by atoms with Crippen molar-refractivity contribution in [3.05, 3.63) is 0 Å². The van der Waals surface area contributed by atoms with Gasteiger partial charge in [0.1, 0.15) is 0 Å². The molecule has 1 fully saturated rings. The van der Waals surface area contributed by atoms with Gasteiger partial charge < -0.3 is 15.4 Å². The van der Waals surface area contributed by atoms with Gasteiger partial charge in [-0.2, -0.15) is 0 Å². The highest BCUT2D eigenvalue weighted by atomic mass is 16.5. The Kier molecular flexibility index (Phi) is 4.70. The van der Waals surface area contributed by atoms with Crippen molar-refractivity contribution < 1.29 is 4.74 Å². The summed E-state index contributed by atoms with van der Waals surface area (Å²) < 4.78 is 5.16. The van der Waals surface area contributed by atoms with Gasteiger partial charge in [0, 0.05) is 13.7 Å². The van der Waals surface area contributed by atoms with Gasteiger partial charge in [0.25, 0.3) is 0 Å². The average molecular weight is 186 g/mol. The predicted octanol–water partition coefficient (Wildman–Crippen LogP) is 0.466. The lowest BCUT2D eigenvalue weighted by Crippen LogP contribution is -2.32. The molecular weight excluding hydrogens is 164 g/mol. The Bertz CT molecular complexity index is 141. The molecule has 1 aliphatic rings. The third-order valence-corrected chi connectivity index (χ3v) is 2.92. The van der Waals surface area contributed by atoms with Gasteiger partial charge in [-0.1, -0.05) is 6.92 Å². The van der Waals surface area contributed by atoms with Crippen LogP contribution in [0.3, 0.4) is 0 Å². The molecule has 13 heavy (non-hydrogen) atoms. The minimum Gasteiger partial charge on any atom is -0.380 e. The monoisotopic (exact) mass is 186 g/mol. The standard InChI is InChI=1S/C10H22N2O/c1-8-4-11-6-10(8)7-12-5-9(2)13-3/h8-12H,4-7H2,1-3H3. The second kappa shape index (κ2) is 5.58. The van der Waals surface area contributed by atoms with Crippen molar-refractivity contribution >= 4 is 0 Å². The van der Waals surface area contributed by atoms with Crippen molar-refractivity contribution in [3.63, 3.8) is 0 Å². The van der Waals surface area contributed by atoms with Crippen LogP contribution in [0.15, 0.2) is 0 Å². The molecule has 0 aromatic rings. The largest absolute Gasteiger partial charge is 0.380 e. The van der Waals surface area contributed by atoms with Crippen LogP contribution in [0.5, 0.6) is 0 Å². The first-order valence-corrected chi connectivity index (χ1v) is 5.18.